The Morgan fingerprint density at radius 2 is 1.86 bits per heavy atom. The van der Waals surface area contributed by atoms with Crippen LogP contribution >= 0.6 is 0 Å². The lowest BCUT2D eigenvalue weighted by Crippen LogP contribution is -2.35. The third-order valence-corrected chi connectivity index (χ3v) is 5.94. The minimum atomic E-state index is -0.708. The van der Waals surface area contributed by atoms with Gasteiger partial charge in [0.25, 0.3) is 11.7 Å². The highest BCUT2D eigenvalue weighted by Crippen LogP contribution is 2.39. The number of aliphatic hydroxyl groups is 1. The van der Waals surface area contributed by atoms with Crippen LogP contribution < -0.4 is 4.74 Å². The number of carbonyl (C=O) groups is 2. The fraction of sp³-hybridized carbons (Fsp3) is 0.250. The number of ether oxygens (including phenoxy) is 1. The van der Waals surface area contributed by atoms with Gasteiger partial charge in [0.05, 0.1) is 11.6 Å². The van der Waals surface area contributed by atoms with Gasteiger partial charge in [-0.2, -0.15) is 0 Å². The number of benzene rings is 2. The average molecular weight is 472 g/mol. The summed E-state index contributed by atoms with van der Waals surface area (Å²) in [7, 11) is 3.80. The second-order valence-corrected chi connectivity index (χ2v) is 8.88. The molecule has 3 aromatic rings. The first-order valence-electron chi connectivity index (χ1n) is 11.5. The summed E-state index contributed by atoms with van der Waals surface area (Å²) in [6, 6.07) is 17.8. The Morgan fingerprint density at radius 1 is 1.09 bits per heavy atom. The van der Waals surface area contributed by atoms with Crippen molar-refractivity contribution in [3.8, 4) is 5.75 Å². The van der Waals surface area contributed by atoms with E-state index in [1.165, 1.54) is 4.90 Å². The van der Waals surface area contributed by atoms with E-state index in [1.807, 2.05) is 50.2 Å². The standard InChI is InChI=1S/C28H29N3O4/c1-19-6-4-7-20(16-19)18-35-23-11-9-21(10-12-23)26(32)24-25(22-8-5-13-29-17-22)31(15-14-30(2)3)28(34)27(24)33/h4-13,16-17,25,32H,14-15,18H2,1-3H3/b26-24-. The van der Waals surface area contributed by atoms with Gasteiger partial charge in [0.2, 0.25) is 0 Å². The molecule has 1 atom stereocenters. The van der Waals surface area contributed by atoms with E-state index in [9.17, 15) is 14.7 Å². The molecule has 1 saturated heterocycles. The highest BCUT2D eigenvalue weighted by molar-refractivity contribution is 6.46. The van der Waals surface area contributed by atoms with E-state index >= 15 is 0 Å². The molecule has 7 nitrogen and oxygen atoms in total. The highest BCUT2D eigenvalue weighted by atomic mass is 16.5. The second-order valence-electron chi connectivity index (χ2n) is 8.88. The van der Waals surface area contributed by atoms with Gasteiger partial charge in [-0.3, -0.25) is 14.6 Å². The minimum absolute atomic E-state index is 0.0650. The first kappa shape index (κ1) is 24.2. The van der Waals surface area contributed by atoms with E-state index in [-0.39, 0.29) is 11.3 Å². The lowest BCUT2D eigenvalue weighted by atomic mass is 9.96. The molecule has 180 valence electrons. The maximum Gasteiger partial charge on any atom is 0.295 e. The van der Waals surface area contributed by atoms with Crippen LogP contribution in [-0.2, 0) is 16.2 Å². The van der Waals surface area contributed by atoms with Crippen LogP contribution in [0.2, 0.25) is 0 Å². The smallest absolute Gasteiger partial charge is 0.295 e. The number of amides is 1. The maximum absolute atomic E-state index is 13.0. The van der Waals surface area contributed by atoms with Crippen LogP contribution in [0.3, 0.4) is 0 Å². The van der Waals surface area contributed by atoms with Crippen molar-refractivity contribution in [2.45, 2.75) is 19.6 Å². The van der Waals surface area contributed by atoms with Gasteiger partial charge in [-0.05, 0) is 62.5 Å². The third-order valence-electron chi connectivity index (χ3n) is 5.94. The molecule has 0 spiro atoms. The Kier molecular flexibility index (Phi) is 7.27. The predicted octanol–water partition coefficient (Wildman–Crippen LogP) is 3.95. The van der Waals surface area contributed by atoms with Crippen molar-refractivity contribution in [1.29, 1.82) is 0 Å². The summed E-state index contributed by atoms with van der Waals surface area (Å²) in [5.74, 6) is -0.900. The summed E-state index contributed by atoms with van der Waals surface area (Å²) in [6.07, 6.45) is 3.25. The molecule has 1 aromatic heterocycles. The summed E-state index contributed by atoms with van der Waals surface area (Å²) >= 11 is 0. The van der Waals surface area contributed by atoms with Gasteiger partial charge in [0, 0.05) is 31.0 Å². The van der Waals surface area contributed by atoms with Crippen LogP contribution in [0, 0.1) is 6.92 Å². The molecule has 0 bridgehead atoms. The topological polar surface area (TPSA) is 83.0 Å². The van der Waals surface area contributed by atoms with Crippen LogP contribution in [0.1, 0.15) is 28.3 Å². The summed E-state index contributed by atoms with van der Waals surface area (Å²) in [5.41, 5.74) is 3.40. The van der Waals surface area contributed by atoms with Gasteiger partial charge in [-0.25, -0.2) is 0 Å². The Bertz CT molecular complexity index is 1240. The van der Waals surface area contributed by atoms with Crippen molar-refractivity contribution in [3.63, 3.8) is 0 Å². The van der Waals surface area contributed by atoms with Crippen molar-refractivity contribution in [1.82, 2.24) is 14.8 Å². The third kappa shape index (κ3) is 5.41. The van der Waals surface area contributed by atoms with Gasteiger partial charge < -0.3 is 19.6 Å². The largest absolute Gasteiger partial charge is 0.507 e. The van der Waals surface area contributed by atoms with Crippen molar-refractivity contribution < 1.29 is 19.4 Å². The maximum atomic E-state index is 13.0. The second kappa shape index (κ2) is 10.5. The molecule has 35 heavy (non-hydrogen) atoms. The van der Waals surface area contributed by atoms with Crippen molar-refractivity contribution in [2.75, 3.05) is 27.2 Å². The number of aryl methyl sites for hydroxylation is 1. The molecule has 1 aliphatic rings. The molecular weight excluding hydrogens is 442 g/mol. The van der Waals surface area contributed by atoms with E-state index in [2.05, 4.69) is 11.1 Å². The number of rotatable bonds is 8. The van der Waals surface area contributed by atoms with Crippen LogP contribution in [0.4, 0.5) is 0 Å². The van der Waals surface area contributed by atoms with Gasteiger partial charge >= 0.3 is 0 Å². The highest BCUT2D eigenvalue weighted by Gasteiger charge is 2.46. The number of hydrogen-bond donors (Lipinski definition) is 1. The normalized spacial score (nSPS) is 17.3. The average Bonchev–Trinajstić information content (AvgIpc) is 3.11. The number of hydrogen-bond acceptors (Lipinski definition) is 6. The summed E-state index contributed by atoms with van der Waals surface area (Å²) in [4.78, 5) is 33.6. The molecule has 1 aliphatic heterocycles. The number of nitrogens with zero attached hydrogens (tertiary/aromatic N) is 3. The molecular formula is C28H29N3O4. The Morgan fingerprint density at radius 3 is 2.51 bits per heavy atom. The molecule has 1 unspecified atom stereocenters. The Labute approximate surface area is 205 Å². The zero-order valence-electron chi connectivity index (χ0n) is 20.1. The number of pyridine rings is 1. The zero-order valence-corrected chi connectivity index (χ0v) is 20.1. The number of likely N-dealkylation sites (N-methyl/N-ethyl adjacent to an activating group) is 1. The quantitative estimate of drug-likeness (QED) is 0.304. The summed E-state index contributed by atoms with van der Waals surface area (Å²) < 4.78 is 5.87. The SMILES string of the molecule is Cc1cccc(COc2ccc(/C(O)=C3/C(=O)C(=O)N(CCN(C)C)C3c3cccnc3)cc2)c1. The van der Waals surface area contributed by atoms with E-state index in [0.717, 1.165) is 11.1 Å². The molecule has 2 heterocycles. The van der Waals surface area contributed by atoms with Crippen molar-refractivity contribution in [2.24, 2.45) is 0 Å². The van der Waals surface area contributed by atoms with Gasteiger partial charge in [0.15, 0.2) is 0 Å². The molecule has 7 heteroatoms. The lowest BCUT2D eigenvalue weighted by molar-refractivity contribution is -0.140. The van der Waals surface area contributed by atoms with Gasteiger partial charge in [-0.1, -0.05) is 35.9 Å². The number of aromatic nitrogens is 1. The Hall–Kier alpha value is -3.97. The first-order chi connectivity index (χ1) is 16.8. The van der Waals surface area contributed by atoms with Crippen molar-refractivity contribution >= 4 is 17.4 Å². The Balaban J connectivity index is 1.62. The van der Waals surface area contributed by atoms with Crippen LogP contribution in [-0.4, -0.2) is 58.8 Å². The zero-order chi connectivity index (χ0) is 24.9. The van der Waals surface area contributed by atoms with Crippen LogP contribution in [0.15, 0.2) is 78.6 Å². The molecule has 1 amide bonds. The molecule has 0 radical (unpaired) electrons. The number of aliphatic hydroxyl groups excluding tert-OH is 1. The first-order valence-corrected chi connectivity index (χ1v) is 11.5. The van der Waals surface area contributed by atoms with E-state index in [4.69, 9.17) is 4.74 Å². The van der Waals surface area contributed by atoms with Crippen LogP contribution in [0.5, 0.6) is 5.75 Å². The van der Waals surface area contributed by atoms with E-state index in [0.29, 0.717) is 36.6 Å². The number of Topliss-reactive ketones (excluding diaryl/α,β-unsaturated/α-hetero) is 1. The fourth-order valence-electron chi connectivity index (χ4n) is 4.14. The molecule has 1 fully saturated rings. The lowest BCUT2D eigenvalue weighted by Gasteiger charge is -2.26. The number of carbonyl (C=O) groups excluding carboxylic acids is 2. The van der Waals surface area contributed by atoms with Crippen LogP contribution in [0.25, 0.3) is 5.76 Å². The minimum Gasteiger partial charge on any atom is -0.507 e. The van der Waals surface area contributed by atoms with E-state index in [1.54, 1.807) is 42.7 Å². The van der Waals surface area contributed by atoms with Crippen molar-refractivity contribution in [3.05, 3.63) is 101 Å². The monoisotopic (exact) mass is 471 g/mol. The molecule has 0 aliphatic carbocycles. The van der Waals surface area contributed by atoms with E-state index < -0.39 is 17.7 Å². The van der Waals surface area contributed by atoms with Gasteiger partial charge in [-0.15, -0.1) is 0 Å². The van der Waals surface area contributed by atoms with Gasteiger partial charge in [0.1, 0.15) is 18.1 Å². The number of likely N-dealkylation sites (tertiary alicyclic amines) is 1. The summed E-state index contributed by atoms with van der Waals surface area (Å²) in [6.45, 7) is 3.38. The molecule has 0 saturated carbocycles. The molecule has 4 rings (SSSR count). The summed E-state index contributed by atoms with van der Waals surface area (Å²) in [5, 5.41) is 11.2. The molecule has 1 N–H and O–H groups in total. The fourth-order valence-corrected chi connectivity index (χ4v) is 4.14. The molecule has 2 aromatic carbocycles. The number of ketones is 1. The predicted molar refractivity (Wildman–Crippen MR) is 134 cm³/mol.